The van der Waals surface area contributed by atoms with Crippen LogP contribution in [0.15, 0.2) is 30.6 Å². The first-order valence-corrected chi connectivity index (χ1v) is 7.93. The lowest BCUT2D eigenvalue weighted by molar-refractivity contribution is 0.536. The van der Waals surface area contributed by atoms with Gasteiger partial charge in [-0.1, -0.05) is 6.07 Å². The Morgan fingerprint density at radius 3 is 2.59 bits per heavy atom. The molecule has 134 valence electrons. The molecule has 1 aromatic carbocycles. The van der Waals surface area contributed by atoms with Crippen LogP contribution in [0, 0.1) is 30.9 Å². The van der Waals surface area contributed by atoms with Crippen LogP contribution in [0.4, 0.5) is 14.7 Å². The Hall–Kier alpha value is -3.80. The van der Waals surface area contributed by atoms with Gasteiger partial charge in [0.2, 0.25) is 5.95 Å². The van der Waals surface area contributed by atoms with Gasteiger partial charge in [0.05, 0.1) is 18.1 Å². The van der Waals surface area contributed by atoms with Gasteiger partial charge < -0.3 is 5.73 Å². The van der Waals surface area contributed by atoms with Crippen molar-refractivity contribution in [2.75, 3.05) is 5.73 Å². The van der Waals surface area contributed by atoms with Crippen molar-refractivity contribution in [2.24, 2.45) is 0 Å². The smallest absolute Gasteiger partial charge is 0.224 e. The molecule has 27 heavy (non-hydrogen) atoms. The Kier molecular flexibility index (Phi) is 3.81. The average molecular weight is 365 g/mol. The first-order valence-electron chi connectivity index (χ1n) is 7.93. The fourth-order valence-electron chi connectivity index (χ4n) is 2.81. The van der Waals surface area contributed by atoms with E-state index in [0.29, 0.717) is 11.2 Å². The standard InChI is InChI=1S/C18H13F2N7/c1-3-14-15-16(26-8-10(2)7-22-26)23-18(21)24-17(15)27(25-14)9-11-12(19)5-4-6-13(11)20/h1,4-8H,9H2,2H3,(H2,21,23,24). The zero-order valence-corrected chi connectivity index (χ0v) is 14.2. The van der Waals surface area contributed by atoms with E-state index in [1.807, 2.05) is 6.92 Å². The Morgan fingerprint density at radius 1 is 1.22 bits per heavy atom. The summed E-state index contributed by atoms with van der Waals surface area (Å²) in [4.78, 5) is 8.40. The minimum Gasteiger partial charge on any atom is -0.368 e. The molecule has 0 bridgehead atoms. The quantitative estimate of drug-likeness (QED) is 0.563. The molecule has 0 saturated heterocycles. The number of terminal acetylenes is 1. The van der Waals surface area contributed by atoms with Crippen LogP contribution < -0.4 is 5.73 Å². The average Bonchev–Trinajstić information content (AvgIpc) is 3.21. The normalized spacial score (nSPS) is 11.0. The third-order valence-corrected chi connectivity index (χ3v) is 4.03. The van der Waals surface area contributed by atoms with Crippen molar-refractivity contribution in [3.63, 3.8) is 0 Å². The van der Waals surface area contributed by atoms with Crippen LogP contribution in [-0.2, 0) is 6.54 Å². The maximum Gasteiger partial charge on any atom is 0.224 e. The second-order valence-electron chi connectivity index (χ2n) is 5.92. The zero-order valence-electron chi connectivity index (χ0n) is 14.2. The van der Waals surface area contributed by atoms with Crippen molar-refractivity contribution in [3.8, 4) is 18.2 Å². The van der Waals surface area contributed by atoms with E-state index in [2.05, 4.69) is 26.1 Å². The van der Waals surface area contributed by atoms with Crippen LogP contribution in [0.5, 0.6) is 0 Å². The lowest BCUT2D eigenvalue weighted by Gasteiger charge is -2.07. The van der Waals surface area contributed by atoms with Crippen LogP contribution in [-0.4, -0.2) is 29.5 Å². The van der Waals surface area contributed by atoms with Gasteiger partial charge in [0.1, 0.15) is 17.3 Å². The molecule has 2 N–H and O–H groups in total. The van der Waals surface area contributed by atoms with E-state index in [4.69, 9.17) is 12.2 Å². The first-order chi connectivity index (χ1) is 13.0. The van der Waals surface area contributed by atoms with Crippen molar-refractivity contribution >= 4 is 17.0 Å². The molecule has 0 radical (unpaired) electrons. The fraction of sp³-hybridized carbons (Fsp3) is 0.111. The number of halogens is 2. The van der Waals surface area contributed by atoms with E-state index < -0.39 is 11.6 Å². The topological polar surface area (TPSA) is 87.4 Å². The van der Waals surface area contributed by atoms with Crippen LogP contribution in [0.2, 0.25) is 0 Å². The van der Waals surface area contributed by atoms with Crippen molar-refractivity contribution in [1.82, 2.24) is 29.5 Å². The summed E-state index contributed by atoms with van der Waals surface area (Å²) in [5.74, 6) is 1.39. The van der Waals surface area contributed by atoms with Crippen LogP contribution >= 0.6 is 0 Å². The highest BCUT2D eigenvalue weighted by atomic mass is 19.1. The summed E-state index contributed by atoms with van der Waals surface area (Å²) in [6.45, 7) is 1.67. The van der Waals surface area contributed by atoms with E-state index in [9.17, 15) is 8.78 Å². The lowest BCUT2D eigenvalue weighted by atomic mass is 10.2. The third-order valence-electron chi connectivity index (χ3n) is 4.03. The van der Waals surface area contributed by atoms with Crippen LogP contribution in [0.25, 0.3) is 16.9 Å². The summed E-state index contributed by atoms with van der Waals surface area (Å²) in [7, 11) is 0. The molecule has 3 aromatic heterocycles. The summed E-state index contributed by atoms with van der Waals surface area (Å²) in [5.41, 5.74) is 7.08. The van der Waals surface area contributed by atoms with Gasteiger partial charge >= 0.3 is 0 Å². The largest absolute Gasteiger partial charge is 0.368 e. The number of hydrogen-bond donors (Lipinski definition) is 1. The third kappa shape index (κ3) is 2.77. The summed E-state index contributed by atoms with van der Waals surface area (Å²) >= 11 is 0. The molecule has 9 heteroatoms. The summed E-state index contributed by atoms with van der Waals surface area (Å²) < 4.78 is 30.9. The highest BCUT2D eigenvalue weighted by Gasteiger charge is 2.20. The van der Waals surface area contributed by atoms with Gasteiger partial charge in [-0.3, -0.25) is 0 Å². The Balaban J connectivity index is 1.96. The van der Waals surface area contributed by atoms with E-state index in [-0.39, 0.29) is 29.4 Å². The summed E-state index contributed by atoms with van der Waals surface area (Å²) in [6.07, 6.45) is 8.98. The molecule has 4 rings (SSSR count). The predicted octanol–water partition coefficient (Wildman–Crippen LogP) is 2.21. The molecule has 7 nitrogen and oxygen atoms in total. The number of aryl methyl sites for hydroxylation is 1. The van der Waals surface area contributed by atoms with E-state index in [0.717, 1.165) is 5.56 Å². The highest BCUT2D eigenvalue weighted by molar-refractivity contribution is 5.88. The Morgan fingerprint density at radius 2 is 1.96 bits per heavy atom. The number of hydrogen-bond acceptors (Lipinski definition) is 5. The molecule has 0 aliphatic rings. The van der Waals surface area contributed by atoms with Crippen molar-refractivity contribution in [2.45, 2.75) is 13.5 Å². The number of nitrogen functional groups attached to an aromatic ring is 1. The molecule has 0 fully saturated rings. The predicted molar refractivity (Wildman–Crippen MR) is 95.0 cm³/mol. The second kappa shape index (κ2) is 6.17. The van der Waals surface area contributed by atoms with Crippen molar-refractivity contribution in [1.29, 1.82) is 0 Å². The number of fused-ring (bicyclic) bond motifs is 1. The van der Waals surface area contributed by atoms with Gasteiger partial charge in [0, 0.05) is 11.8 Å². The van der Waals surface area contributed by atoms with E-state index in [1.165, 1.54) is 27.6 Å². The summed E-state index contributed by atoms with van der Waals surface area (Å²) in [6, 6.07) is 3.64. The Bertz CT molecular complexity index is 1200. The lowest BCUT2D eigenvalue weighted by Crippen LogP contribution is -2.09. The van der Waals surface area contributed by atoms with Gasteiger partial charge in [-0.25, -0.2) is 18.1 Å². The van der Waals surface area contributed by atoms with Gasteiger partial charge in [-0.2, -0.15) is 20.2 Å². The maximum absolute atomic E-state index is 14.1. The molecule has 0 amide bonds. The molecule has 4 aromatic rings. The van der Waals surface area contributed by atoms with Crippen LogP contribution in [0.1, 0.15) is 16.8 Å². The monoisotopic (exact) mass is 365 g/mol. The molecule has 0 unspecified atom stereocenters. The zero-order chi connectivity index (χ0) is 19.1. The molecule has 0 atom stereocenters. The van der Waals surface area contributed by atoms with Crippen molar-refractivity contribution < 1.29 is 8.78 Å². The van der Waals surface area contributed by atoms with Crippen LogP contribution in [0.3, 0.4) is 0 Å². The summed E-state index contributed by atoms with van der Waals surface area (Å²) in [5, 5.41) is 8.91. The second-order valence-corrected chi connectivity index (χ2v) is 5.92. The number of nitrogens with zero attached hydrogens (tertiary/aromatic N) is 6. The molecule has 3 heterocycles. The van der Waals surface area contributed by atoms with Gasteiger partial charge in [-0.15, -0.1) is 6.42 Å². The first kappa shape index (κ1) is 16.7. The minimum absolute atomic E-state index is 0.0376. The number of rotatable bonds is 3. The molecule has 0 aliphatic carbocycles. The molecular formula is C18H13F2N7. The number of anilines is 1. The molecule has 0 saturated carbocycles. The maximum atomic E-state index is 14.1. The van der Waals surface area contributed by atoms with Gasteiger partial charge in [-0.05, 0) is 30.5 Å². The fourth-order valence-corrected chi connectivity index (χ4v) is 2.81. The molecule has 0 spiro atoms. The SMILES string of the molecule is C#Cc1nn(Cc2c(F)cccc2F)c2nc(N)nc(-n3cc(C)cn3)c12. The minimum atomic E-state index is -0.689. The molecule has 0 aliphatic heterocycles. The molecular weight excluding hydrogens is 352 g/mol. The van der Waals surface area contributed by atoms with E-state index >= 15 is 0 Å². The van der Waals surface area contributed by atoms with Gasteiger partial charge in [0.15, 0.2) is 11.5 Å². The highest BCUT2D eigenvalue weighted by Crippen LogP contribution is 2.25. The van der Waals surface area contributed by atoms with E-state index in [1.54, 1.807) is 12.4 Å². The number of nitrogens with two attached hydrogens (primary N) is 1. The number of aromatic nitrogens is 6. The van der Waals surface area contributed by atoms with Crippen molar-refractivity contribution in [3.05, 3.63) is 59.0 Å². The Labute approximate surface area is 152 Å². The van der Waals surface area contributed by atoms with Gasteiger partial charge in [0.25, 0.3) is 0 Å². The number of benzene rings is 1.